The van der Waals surface area contributed by atoms with Gasteiger partial charge in [0.05, 0.1) is 16.3 Å². The second-order valence-corrected chi connectivity index (χ2v) is 4.52. The largest absolute Gasteiger partial charge is 0.320 e. The van der Waals surface area contributed by atoms with E-state index in [-0.39, 0.29) is 18.3 Å². The molecule has 1 atom stereocenters. The van der Waals surface area contributed by atoms with Gasteiger partial charge in [0, 0.05) is 0 Å². The molecular formula is C11H14ClN3OS. The predicted octanol–water partition coefficient (Wildman–Crippen LogP) is 2.39. The summed E-state index contributed by atoms with van der Waals surface area (Å²) in [5.41, 5.74) is 6.52. The van der Waals surface area contributed by atoms with Gasteiger partial charge in [-0.2, -0.15) is 0 Å². The highest BCUT2D eigenvalue weighted by molar-refractivity contribution is 7.22. The number of benzene rings is 1. The van der Waals surface area contributed by atoms with Gasteiger partial charge in [-0.3, -0.25) is 4.79 Å². The highest BCUT2D eigenvalue weighted by Crippen LogP contribution is 2.25. The quantitative estimate of drug-likeness (QED) is 0.901. The number of fused-ring (bicyclic) bond motifs is 1. The van der Waals surface area contributed by atoms with Gasteiger partial charge in [0.2, 0.25) is 5.91 Å². The molecule has 0 unspecified atom stereocenters. The Balaban J connectivity index is 0.00000144. The molecule has 17 heavy (non-hydrogen) atoms. The average molecular weight is 272 g/mol. The summed E-state index contributed by atoms with van der Waals surface area (Å²) in [7, 11) is 0. The van der Waals surface area contributed by atoms with Crippen LogP contribution in [0.4, 0.5) is 5.13 Å². The summed E-state index contributed by atoms with van der Waals surface area (Å²) in [5.74, 6) is -0.179. The minimum atomic E-state index is -0.466. The van der Waals surface area contributed by atoms with Crippen molar-refractivity contribution in [3.63, 3.8) is 0 Å². The predicted molar refractivity (Wildman–Crippen MR) is 73.8 cm³/mol. The van der Waals surface area contributed by atoms with E-state index in [9.17, 15) is 4.79 Å². The number of carbonyl (C=O) groups is 1. The lowest BCUT2D eigenvalue weighted by atomic mass is 10.2. The number of amides is 1. The summed E-state index contributed by atoms with van der Waals surface area (Å²) in [6.45, 7) is 1.88. The van der Waals surface area contributed by atoms with E-state index in [2.05, 4.69) is 10.3 Å². The van der Waals surface area contributed by atoms with Crippen LogP contribution in [-0.4, -0.2) is 16.9 Å². The molecule has 0 aliphatic heterocycles. The molecule has 0 bridgehead atoms. The number of nitrogens with zero attached hydrogens (tertiary/aromatic N) is 1. The highest BCUT2D eigenvalue weighted by atomic mass is 35.5. The summed E-state index contributed by atoms with van der Waals surface area (Å²) >= 11 is 1.45. The molecule has 1 aromatic carbocycles. The Bertz CT molecular complexity index is 481. The Labute approximate surface area is 110 Å². The number of thiazole rings is 1. The van der Waals surface area contributed by atoms with E-state index in [0.717, 1.165) is 10.2 Å². The lowest BCUT2D eigenvalue weighted by molar-refractivity contribution is -0.117. The standard InChI is InChI=1S/C11H13N3OS.ClH/c1-2-7(12)10(15)14-11-13-8-5-3-4-6-9(8)16-11;/h3-7H,2,12H2,1H3,(H,13,14,15);1H/t7-;/m0./s1. The van der Waals surface area contributed by atoms with Gasteiger partial charge in [0.1, 0.15) is 0 Å². The first-order chi connectivity index (χ1) is 7.70. The number of halogens is 1. The number of anilines is 1. The third-order valence-electron chi connectivity index (χ3n) is 2.30. The average Bonchev–Trinajstić information content (AvgIpc) is 2.69. The van der Waals surface area contributed by atoms with Gasteiger partial charge in [-0.05, 0) is 18.6 Å². The summed E-state index contributed by atoms with van der Waals surface area (Å²) in [6.07, 6.45) is 0.622. The van der Waals surface area contributed by atoms with Crippen LogP contribution in [-0.2, 0) is 4.79 Å². The van der Waals surface area contributed by atoms with Gasteiger partial charge >= 0.3 is 0 Å². The number of nitrogens with two attached hydrogens (primary N) is 1. The Morgan fingerprint density at radius 3 is 2.88 bits per heavy atom. The van der Waals surface area contributed by atoms with Crippen molar-refractivity contribution < 1.29 is 4.79 Å². The van der Waals surface area contributed by atoms with Crippen molar-refractivity contribution in [2.24, 2.45) is 5.73 Å². The first-order valence-corrected chi connectivity index (χ1v) is 5.94. The van der Waals surface area contributed by atoms with E-state index < -0.39 is 6.04 Å². The number of nitrogens with one attached hydrogen (secondary N) is 1. The van der Waals surface area contributed by atoms with Crippen molar-refractivity contribution in [1.29, 1.82) is 0 Å². The Hall–Kier alpha value is -1.17. The fraction of sp³-hybridized carbons (Fsp3) is 0.273. The van der Waals surface area contributed by atoms with Crippen LogP contribution in [0.3, 0.4) is 0 Å². The van der Waals surface area contributed by atoms with E-state index in [0.29, 0.717) is 11.6 Å². The molecule has 4 nitrogen and oxygen atoms in total. The molecule has 0 fully saturated rings. The minimum absolute atomic E-state index is 0. The van der Waals surface area contributed by atoms with Crippen molar-refractivity contribution >= 4 is 45.0 Å². The molecule has 6 heteroatoms. The summed E-state index contributed by atoms with van der Waals surface area (Å²) in [6, 6.07) is 7.30. The van der Waals surface area contributed by atoms with Gasteiger partial charge < -0.3 is 11.1 Å². The Morgan fingerprint density at radius 1 is 1.53 bits per heavy atom. The van der Waals surface area contributed by atoms with Crippen molar-refractivity contribution in [3.05, 3.63) is 24.3 Å². The molecule has 1 aromatic heterocycles. The maximum atomic E-state index is 11.6. The van der Waals surface area contributed by atoms with Crippen LogP contribution >= 0.6 is 23.7 Å². The number of hydrogen-bond acceptors (Lipinski definition) is 4. The molecule has 92 valence electrons. The van der Waals surface area contributed by atoms with Gasteiger partial charge in [-0.15, -0.1) is 12.4 Å². The number of carbonyl (C=O) groups excluding carboxylic acids is 1. The molecule has 1 heterocycles. The Morgan fingerprint density at radius 2 is 2.24 bits per heavy atom. The molecule has 0 spiro atoms. The van der Waals surface area contributed by atoms with E-state index in [1.54, 1.807) is 0 Å². The van der Waals surface area contributed by atoms with Gasteiger partial charge in [0.25, 0.3) is 0 Å². The smallest absolute Gasteiger partial charge is 0.243 e. The molecule has 0 aliphatic carbocycles. The molecule has 2 rings (SSSR count). The molecule has 1 amide bonds. The second-order valence-electron chi connectivity index (χ2n) is 3.49. The highest BCUT2D eigenvalue weighted by Gasteiger charge is 2.13. The fourth-order valence-electron chi connectivity index (χ4n) is 1.31. The van der Waals surface area contributed by atoms with Crippen molar-refractivity contribution in [3.8, 4) is 0 Å². The van der Waals surface area contributed by atoms with Crippen molar-refractivity contribution in [2.45, 2.75) is 19.4 Å². The van der Waals surface area contributed by atoms with E-state index in [1.807, 2.05) is 31.2 Å². The van der Waals surface area contributed by atoms with Crippen molar-refractivity contribution in [2.75, 3.05) is 5.32 Å². The SMILES string of the molecule is CC[C@H](N)C(=O)Nc1nc2ccccc2s1.Cl. The van der Waals surface area contributed by atoms with Crippen LogP contribution in [0.1, 0.15) is 13.3 Å². The second kappa shape index (κ2) is 5.95. The van der Waals surface area contributed by atoms with Crippen LogP contribution in [0.2, 0.25) is 0 Å². The topological polar surface area (TPSA) is 68.0 Å². The monoisotopic (exact) mass is 271 g/mol. The number of hydrogen-bond donors (Lipinski definition) is 2. The van der Waals surface area contributed by atoms with Crippen LogP contribution in [0.15, 0.2) is 24.3 Å². The molecular weight excluding hydrogens is 258 g/mol. The van der Waals surface area contributed by atoms with Gasteiger partial charge in [-0.25, -0.2) is 4.98 Å². The summed E-state index contributed by atoms with van der Waals surface area (Å²) < 4.78 is 1.06. The zero-order chi connectivity index (χ0) is 11.5. The molecule has 2 aromatic rings. The summed E-state index contributed by atoms with van der Waals surface area (Å²) in [5, 5.41) is 3.33. The molecule has 3 N–H and O–H groups in total. The third kappa shape index (κ3) is 3.15. The van der Waals surface area contributed by atoms with E-state index >= 15 is 0 Å². The molecule has 0 aliphatic rings. The lowest BCUT2D eigenvalue weighted by Gasteiger charge is -2.06. The minimum Gasteiger partial charge on any atom is -0.320 e. The van der Waals surface area contributed by atoms with Crippen molar-refractivity contribution in [1.82, 2.24) is 4.98 Å². The maximum absolute atomic E-state index is 11.6. The van der Waals surface area contributed by atoms with Crippen LogP contribution in [0, 0.1) is 0 Å². The number of para-hydroxylation sites is 1. The van der Waals surface area contributed by atoms with E-state index in [1.165, 1.54) is 11.3 Å². The number of rotatable bonds is 3. The molecule has 0 saturated carbocycles. The zero-order valence-electron chi connectivity index (χ0n) is 9.34. The summed E-state index contributed by atoms with van der Waals surface area (Å²) in [4.78, 5) is 15.9. The van der Waals surface area contributed by atoms with E-state index in [4.69, 9.17) is 5.73 Å². The van der Waals surface area contributed by atoms with Crippen LogP contribution in [0.25, 0.3) is 10.2 Å². The normalized spacial score (nSPS) is 11.9. The zero-order valence-corrected chi connectivity index (χ0v) is 11.0. The molecule has 0 saturated heterocycles. The maximum Gasteiger partial charge on any atom is 0.243 e. The first kappa shape index (κ1) is 13.9. The number of aromatic nitrogens is 1. The Kier molecular flexibility index (Phi) is 4.86. The lowest BCUT2D eigenvalue weighted by Crippen LogP contribution is -2.34. The molecule has 0 radical (unpaired) electrons. The fourth-order valence-corrected chi connectivity index (χ4v) is 2.18. The van der Waals surface area contributed by atoms with Gasteiger partial charge in [-0.1, -0.05) is 30.4 Å². The van der Waals surface area contributed by atoms with Crippen LogP contribution in [0.5, 0.6) is 0 Å². The van der Waals surface area contributed by atoms with Gasteiger partial charge in [0.15, 0.2) is 5.13 Å². The van der Waals surface area contributed by atoms with Crippen LogP contribution < -0.4 is 11.1 Å². The first-order valence-electron chi connectivity index (χ1n) is 5.12. The third-order valence-corrected chi connectivity index (χ3v) is 3.25.